The lowest BCUT2D eigenvalue weighted by Gasteiger charge is -2.25. The van der Waals surface area contributed by atoms with Gasteiger partial charge in [0.25, 0.3) is 25.6 Å². The highest BCUT2D eigenvalue weighted by molar-refractivity contribution is 8.09. The van der Waals surface area contributed by atoms with Crippen LogP contribution < -0.4 is 19.9 Å². The lowest BCUT2D eigenvalue weighted by molar-refractivity contribution is -0.122. The first-order valence-corrected chi connectivity index (χ1v) is 16.3. The zero-order chi connectivity index (χ0) is 28.8. The number of piperidine rings is 1. The molecular formula is C28H34N4O6S2. The van der Waals surface area contributed by atoms with Gasteiger partial charge in [-0.2, -0.15) is 3.71 Å². The normalized spacial score (nSPS) is 14.5. The van der Waals surface area contributed by atoms with Crippen molar-refractivity contribution in [1.29, 1.82) is 0 Å². The highest BCUT2D eigenvalue weighted by Gasteiger charge is 2.37. The zero-order valence-electron chi connectivity index (χ0n) is 22.3. The summed E-state index contributed by atoms with van der Waals surface area (Å²) in [5.41, 5.74) is -0.306. The third-order valence-corrected chi connectivity index (χ3v) is 11.0. The number of aryl methyl sites for hydroxylation is 1. The Balaban J connectivity index is 1.69. The third kappa shape index (κ3) is 7.38. The van der Waals surface area contributed by atoms with Crippen molar-refractivity contribution >= 4 is 31.6 Å². The first kappa shape index (κ1) is 29.5. The molecule has 10 nitrogen and oxygen atoms in total. The van der Waals surface area contributed by atoms with Crippen molar-refractivity contribution in [2.75, 3.05) is 23.3 Å². The van der Waals surface area contributed by atoms with Crippen LogP contribution in [-0.2, 0) is 42.9 Å². The van der Waals surface area contributed by atoms with Gasteiger partial charge in [0, 0.05) is 12.2 Å². The minimum atomic E-state index is -4.59. The van der Waals surface area contributed by atoms with E-state index in [4.69, 9.17) is 0 Å². The maximum Gasteiger partial charge on any atom is 0.277 e. The summed E-state index contributed by atoms with van der Waals surface area (Å²) < 4.78 is 56.1. The molecule has 40 heavy (non-hydrogen) atoms. The molecule has 0 atom stereocenters. The fourth-order valence-electron chi connectivity index (χ4n) is 4.70. The average molecular weight is 587 g/mol. The van der Waals surface area contributed by atoms with Gasteiger partial charge in [0.1, 0.15) is 12.2 Å². The second-order valence-electron chi connectivity index (χ2n) is 9.93. The van der Waals surface area contributed by atoms with Crippen LogP contribution in [0.5, 0.6) is 0 Å². The molecular weight excluding hydrogens is 552 g/mol. The number of carbonyl (C=O) groups is 1. The summed E-state index contributed by atoms with van der Waals surface area (Å²) in [5.74, 6) is -1.35. The van der Waals surface area contributed by atoms with E-state index in [0.29, 0.717) is 29.3 Å². The molecule has 0 radical (unpaired) electrons. The molecule has 214 valence electrons. The van der Waals surface area contributed by atoms with Crippen LogP contribution >= 0.6 is 0 Å². The number of rotatable bonds is 11. The smallest absolute Gasteiger partial charge is 0.277 e. The molecule has 1 aliphatic rings. The molecule has 1 aromatic heterocycles. The standard InChI is InChI=1S/C28H34N4O6S2/c1-22-12-13-26(28(34)31(22)19-27(33)30-18-23-14-16-29-17-15-23)32(39(35,36)20-24-8-4-2-5-9-24)40(37,38)21-25-10-6-3-7-11-25/h2-13,23,29H,14-21H2,1H3,(H,30,33). The van der Waals surface area contributed by atoms with E-state index < -0.39 is 48.7 Å². The minimum absolute atomic E-state index is 0.241. The Morgan fingerprint density at radius 1 is 0.875 bits per heavy atom. The van der Waals surface area contributed by atoms with Gasteiger partial charge in [-0.25, -0.2) is 16.8 Å². The van der Waals surface area contributed by atoms with Crippen LogP contribution in [0.1, 0.15) is 29.7 Å². The Hall–Kier alpha value is -3.48. The Kier molecular flexibility index (Phi) is 9.44. The predicted octanol–water partition coefficient (Wildman–Crippen LogP) is 2.14. The molecule has 0 aliphatic carbocycles. The maximum absolute atomic E-state index is 13.7. The first-order valence-electron chi connectivity index (χ1n) is 13.1. The van der Waals surface area contributed by atoms with Crippen LogP contribution in [0, 0.1) is 12.8 Å². The molecule has 0 bridgehead atoms. The quantitative estimate of drug-likeness (QED) is 0.352. The molecule has 2 heterocycles. The molecule has 4 rings (SSSR count). The van der Waals surface area contributed by atoms with Gasteiger partial charge < -0.3 is 15.2 Å². The van der Waals surface area contributed by atoms with E-state index >= 15 is 0 Å². The van der Waals surface area contributed by atoms with E-state index in [1.807, 2.05) is 0 Å². The molecule has 0 saturated carbocycles. The topological polar surface area (TPSA) is 135 Å². The number of sulfonamides is 2. The summed E-state index contributed by atoms with van der Waals surface area (Å²) in [6.07, 6.45) is 1.87. The number of hydrogen-bond acceptors (Lipinski definition) is 7. The second kappa shape index (κ2) is 12.8. The molecule has 2 N–H and O–H groups in total. The van der Waals surface area contributed by atoms with Gasteiger partial charge in [-0.15, -0.1) is 0 Å². The third-order valence-electron chi connectivity index (χ3n) is 6.81. The van der Waals surface area contributed by atoms with Crippen molar-refractivity contribution in [2.45, 2.75) is 37.8 Å². The van der Waals surface area contributed by atoms with Crippen molar-refractivity contribution in [3.05, 3.63) is 100.0 Å². The van der Waals surface area contributed by atoms with Crippen molar-refractivity contribution in [3.8, 4) is 0 Å². The van der Waals surface area contributed by atoms with Crippen molar-refractivity contribution in [2.24, 2.45) is 5.92 Å². The van der Waals surface area contributed by atoms with Gasteiger partial charge in [-0.3, -0.25) is 9.59 Å². The van der Waals surface area contributed by atoms with Gasteiger partial charge in [0.2, 0.25) is 5.91 Å². The molecule has 1 saturated heterocycles. The zero-order valence-corrected chi connectivity index (χ0v) is 24.0. The van der Waals surface area contributed by atoms with Crippen molar-refractivity contribution < 1.29 is 21.6 Å². The average Bonchev–Trinajstić information content (AvgIpc) is 2.92. The van der Waals surface area contributed by atoms with Gasteiger partial charge in [0.15, 0.2) is 0 Å². The lowest BCUT2D eigenvalue weighted by atomic mass is 9.98. The van der Waals surface area contributed by atoms with Gasteiger partial charge in [-0.05, 0) is 62.0 Å². The van der Waals surface area contributed by atoms with Crippen LogP contribution in [0.4, 0.5) is 5.69 Å². The number of carbonyl (C=O) groups excluding carboxylic acids is 1. The largest absolute Gasteiger partial charge is 0.354 e. The molecule has 1 fully saturated rings. The fourth-order valence-corrected chi connectivity index (χ4v) is 8.74. The monoisotopic (exact) mass is 586 g/mol. The molecule has 12 heteroatoms. The van der Waals surface area contributed by atoms with Crippen LogP contribution in [0.25, 0.3) is 0 Å². The van der Waals surface area contributed by atoms with Crippen molar-refractivity contribution in [3.63, 3.8) is 0 Å². The number of amides is 1. The van der Waals surface area contributed by atoms with E-state index in [1.54, 1.807) is 67.6 Å². The lowest BCUT2D eigenvalue weighted by Crippen LogP contribution is -2.44. The van der Waals surface area contributed by atoms with Gasteiger partial charge in [-0.1, -0.05) is 60.7 Å². The first-order chi connectivity index (χ1) is 19.1. The summed E-state index contributed by atoms with van der Waals surface area (Å²) in [5, 5.41) is 6.12. The summed E-state index contributed by atoms with van der Waals surface area (Å²) in [7, 11) is -9.17. The SMILES string of the molecule is Cc1ccc(N(S(=O)(=O)Cc2ccccc2)S(=O)(=O)Cc2ccccc2)c(=O)n1CC(=O)NCC1CCNCC1. The van der Waals surface area contributed by atoms with Crippen LogP contribution in [-0.4, -0.2) is 46.9 Å². The van der Waals surface area contributed by atoms with Crippen LogP contribution in [0.15, 0.2) is 77.6 Å². The predicted molar refractivity (Wildman–Crippen MR) is 155 cm³/mol. The number of pyridine rings is 1. The molecule has 1 aliphatic heterocycles. The molecule has 0 spiro atoms. The van der Waals surface area contributed by atoms with E-state index in [9.17, 15) is 26.4 Å². The number of benzene rings is 2. The van der Waals surface area contributed by atoms with E-state index in [1.165, 1.54) is 12.1 Å². The molecule has 3 aromatic rings. The fraction of sp³-hybridized carbons (Fsp3) is 0.357. The van der Waals surface area contributed by atoms with Gasteiger partial charge in [0.05, 0.1) is 11.5 Å². The highest BCUT2D eigenvalue weighted by atomic mass is 32.3. The van der Waals surface area contributed by atoms with Crippen LogP contribution in [0.2, 0.25) is 0 Å². The molecule has 0 unspecified atom stereocenters. The minimum Gasteiger partial charge on any atom is -0.354 e. The Bertz CT molecular complexity index is 1510. The van der Waals surface area contributed by atoms with Gasteiger partial charge >= 0.3 is 0 Å². The Morgan fingerprint density at radius 2 is 1.40 bits per heavy atom. The van der Waals surface area contributed by atoms with Crippen molar-refractivity contribution in [1.82, 2.24) is 15.2 Å². The molecule has 1 amide bonds. The Morgan fingerprint density at radius 3 is 1.93 bits per heavy atom. The van der Waals surface area contributed by atoms with Crippen LogP contribution in [0.3, 0.4) is 0 Å². The van der Waals surface area contributed by atoms with E-state index in [2.05, 4.69) is 10.6 Å². The number of nitrogens with one attached hydrogen (secondary N) is 2. The summed E-state index contributed by atoms with van der Waals surface area (Å²) in [6, 6.07) is 18.9. The highest BCUT2D eigenvalue weighted by Crippen LogP contribution is 2.25. The Labute approximate surface area is 235 Å². The van der Waals surface area contributed by atoms with E-state index in [0.717, 1.165) is 30.5 Å². The number of hydrogen-bond donors (Lipinski definition) is 2. The summed E-state index contributed by atoms with van der Waals surface area (Å²) in [4.78, 5) is 26.5. The maximum atomic E-state index is 13.7. The number of aromatic nitrogens is 1. The number of nitrogens with zero attached hydrogens (tertiary/aromatic N) is 2. The molecule has 2 aromatic carbocycles. The number of anilines is 1. The summed E-state index contributed by atoms with van der Waals surface area (Å²) in [6.45, 7) is 3.47. The summed E-state index contributed by atoms with van der Waals surface area (Å²) >= 11 is 0. The second-order valence-corrected chi connectivity index (χ2v) is 13.8. The van der Waals surface area contributed by atoms with E-state index in [-0.39, 0.29) is 10.3 Å².